The smallest absolute Gasteiger partial charge is 0.135 e. The number of carbonyl (C=O) groups is 1. The van der Waals surface area contributed by atoms with E-state index in [2.05, 4.69) is 4.90 Å². The van der Waals surface area contributed by atoms with Crippen LogP contribution in [0.4, 0.5) is 0 Å². The third kappa shape index (κ3) is 4.51. The van der Waals surface area contributed by atoms with Gasteiger partial charge in [0.25, 0.3) is 0 Å². The third-order valence-corrected chi connectivity index (χ3v) is 3.38. The van der Waals surface area contributed by atoms with Crippen molar-refractivity contribution in [1.29, 1.82) is 0 Å². The second-order valence-corrected chi connectivity index (χ2v) is 4.98. The van der Waals surface area contributed by atoms with Crippen molar-refractivity contribution in [2.45, 2.75) is 18.9 Å². The maximum absolute atomic E-state index is 11.1. The Labute approximate surface area is 119 Å². The lowest BCUT2D eigenvalue weighted by Gasteiger charge is -2.27. The van der Waals surface area contributed by atoms with Gasteiger partial charge in [0.05, 0.1) is 7.11 Å². The van der Waals surface area contributed by atoms with Crippen LogP contribution in [-0.2, 0) is 4.79 Å². The molecule has 0 spiro atoms. The van der Waals surface area contributed by atoms with E-state index in [1.54, 1.807) is 7.11 Å². The molecule has 5 nitrogen and oxygen atoms in total. The molecule has 5 heteroatoms. The Bertz CT molecular complexity index is 422. The third-order valence-electron chi connectivity index (χ3n) is 3.38. The minimum Gasteiger partial charge on any atom is -0.497 e. The van der Waals surface area contributed by atoms with Crippen LogP contribution in [-0.4, -0.2) is 55.2 Å². The van der Waals surface area contributed by atoms with E-state index < -0.39 is 6.10 Å². The molecule has 1 N–H and O–H groups in total. The van der Waals surface area contributed by atoms with Crippen molar-refractivity contribution >= 4 is 5.78 Å². The Morgan fingerprint density at radius 2 is 1.80 bits per heavy atom. The van der Waals surface area contributed by atoms with Crippen LogP contribution in [0.3, 0.4) is 0 Å². The number of β-amino-alcohol motifs (C(OH)–C–C–N with tert-alkyl or cyclic N) is 1. The number of ketones is 1. The van der Waals surface area contributed by atoms with Crippen LogP contribution in [0.5, 0.6) is 11.5 Å². The number of piperidine rings is 1. The van der Waals surface area contributed by atoms with Crippen molar-refractivity contribution in [3.8, 4) is 11.5 Å². The van der Waals surface area contributed by atoms with Crippen LogP contribution in [0.15, 0.2) is 24.3 Å². The lowest BCUT2D eigenvalue weighted by Crippen LogP contribution is -2.40. The highest BCUT2D eigenvalue weighted by molar-refractivity contribution is 5.79. The Hall–Kier alpha value is -1.59. The molecule has 1 heterocycles. The fourth-order valence-electron chi connectivity index (χ4n) is 2.20. The summed E-state index contributed by atoms with van der Waals surface area (Å²) in [6.07, 6.45) is 0.628. The van der Waals surface area contributed by atoms with Crippen LogP contribution in [0.25, 0.3) is 0 Å². The average Bonchev–Trinajstić information content (AvgIpc) is 2.48. The number of Topliss-reactive ketones (excluding diaryl/α,β-unsaturated/α-hetero) is 1. The molecular formula is C15H21NO4. The molecule has 110 valence electrons. The lowest BCUT2D eigenvalue weighted by molar-refractivity contribution is -0.121. The van der Waals surface area contributed by atoms with Gasteiger partial charge in [0, 0.05) is 32.5 Å². The van der Waals surface area contributed by atoms with E-state index in [0.29, 0.717) is 30.9 Å². The zero-order valence-electron chi connectivity index (χ0n) is 11.7. The summed E-state index contributed by atoms with van der Waals surface area (Å²) in [7, 11) is 1.61. The molecule has 1 aromatic rings. The van der Waals surface area contributed by atoms with Crippen molar-refractivity contribution in [1.82, 2.24) is 4.90 Å². The van der Waals surface area contributed by atoms with Gasteiger partial charge in [-0.25, -0.2) is 0 Å². The summed E-state index contributed by atoms with van der Waals surface area (Å²) in [6, 6.07) is 7.26. The number of benzene rings is 1. The Kier molecular flexibility index (Phi) is 5.38. The summed E-state index contributed by atoms with van der Waals surface area (Å²) in [4.78, 5) is 13.2. The Morgan fingerprint density at radius 3 is 2.40 bits per heavy atom. The van der Waals surface area contributed by atoms with Crippen LogP contribution in [0.2, 0.25) is 0 Å². The number of carbonyl (C=O) groups excluding carboxylic acids is 1. The number of methoxy groups -OCH3 is 1. The number of hydrogen-bond acceptors (Lipinski definition) is 5. The number of aliphatic hydroxyl groups excluding tert-OH is 1. The van der Waals surface area contributed by atoms with Crippen LogP contribution < -0.4 is 9.47 Å². The van der Waals surface area contributed by atoms with E-state index in [1.165, 1.54) is 0 Å². The van der Waals surface area contributed by atoms with Gasteiger partial charge in [-0.3, -0.25) is 9.69 Å². The zero-order chi connectivity index (χ0) is 14.4. The van der Waals surface area contributed by atoms with E-state index in [0.717, 1.165) is 18.8 Å². The number of hydrogen-bond donors (Lipinski definition) is 1. The largest absolute Gasteiger partial charge is 0.497 e. The number of rotatable bonds is 6. The second-order valence-electron chi connectivity index (χ2n) is 4.98. The summed E-state index contributed by atoms with van der Waals surface area (Å²) >= 11 is 0. The maximum Gasteiger partial charge on any atom is 0.135 e. The van der Waals surface area contributed by atoms with E-state index in [1.807, 2.05) is 24.3 Å². The van der Waals surface area contributed by atoms with Crippen LogP contribution >= 0.6 is 0 Å². The van der Waals surface area contributed by atoms with Crippen LogP contribution in [0, 0.1) is 0 Å². The molecule has 1 unspecified atom stereocenters. The molecule has 1 aliphatic heterocycles. The average molecular weight is 279 g/mol. The van der Waals surface area contributed by atoms with Gasteiger partial charge in [0.2, 0.25) is 0 Å². The molecular weight excluding hydrogens is 258 g/mol. The van der Waals surface area contributed by atoms with Gasteiger partial charge < -0.3 is 14.6 Å². The molecule has 2 rings (SSSR count). The van der Waals surface area contributed by atoms with Gasteiger partial charge in [0.1, 0.15) is 30.0 Å². The molecule has 0 radical (unpaired) electrons. The lowest BCUT2D eigenvalue weighted by atomic mass is 10.1. The fraction of sp³-hybridized carbons (Fsp3) is 0.533. The van der Waals surface area contributed by atoms with Gasteiger partial charge in [-0.1, -0.05) is 0 Å². The number of likely N-dealkylation sites (tertiary alicyclic amines) is 1. The summed E-state index contributed by atoms with van der Waals surface area (Å²) in [5.41, 5.74) is 0. The number of aliphatic hydroxyl groups is 1. The molecule has 0 saturated carbocycles. The van der Waals surface area contributed by atoms with Crippen molar-refractivity contribution in [2.75, 3.05) is 33.4 Å². The first kappa shape index (κ1) is 14.8. The first-order valence-corrected chi connectivity index (χ1v) is 6.86. The van der Waals surface area contributed by atoms with Crippen molar-refractivity contribution < 1.29 is 19.4 Å². The maximum atomic E-state index is 11.1. The highest BCUT2D eigenvalue weighted by Gasteiger charge is 2.18. The van der Waals surface area contributed by atoms with Crippen molar-refractivity contribution in [3.05, 3.63) is 24.3 Å². The molecule has 1 atom stereocenters. The highest BCUT2D eigenvalue weighted by Crippen LogP contribution is 2.17. The Morgan fingerprint density at radius 1 is 1.20 bits per heavy atom. The Balaban J connectivity index is 1.71. The van der Waals surface area contributed by atoms with Gasteiger partial charge in [0.15, 0.2) is 0 Å². The van der Waals surface area contributed by atoms with E-state index in [-0.39, 0.29) is 6.61 Å². The topological polar surface area (TPSA) is 59.0 Å². The van der Waals surface area contributed by atoms with Gasteiger partial charge in [-0.2, -0.15) is 0 Å². The number of nitrogens with zero attached hydrogens (tertiary/aromatic N) is 1. The highest BCUT2D eigenvalue weighted by atomic mass is 16.5. The van der Waals surface area contributed by atoms with Gasteiger partial charge >= 0.3 is 0 Å². The van der Waals surface area contributed by atoms with Crippen LogP contribution in [0.1, 0.15) is 12.8 Å². The summed E-state index contributed by atoms with van der Waals surface area (Å²) in [5.74, 6) is 1.79. The SMILES string of the molecule is COc1ccc(OCC(O)CN2CCC(=O)CC2)cc1. The molecule has 1 fully saturated rings. The molecule has 0 aliphatic carbocycles. The minimum atomic E-state index is -0.551. The minimum absolute atomic E-state index is 0.247. The predicted molar refractivity (Wildman–Crippen MR) is 75.2 cm³/mol. The molecule has 1 aromatic carbocycles. The van der Waals surface area contributed by atoms with Gasteiger partial charge in [-0.15, -0.1) is 0 Å². The molecule has 0 amide bonds. The molecule has 0 bridgehead atoms. The molecule has 1 aliphatic rings. The molecule has 20 heavy (non-hydrogen) atoms. The monoisotopic (exact) mass is 279 g/mol. The quantitative estimate of drug-likeness (QED) is 0.845. The normalized spacial score (nSPS) is 17.8. The molecule has 1 saturated heterocycles. The zero-order valence-corrected chi connectivity index (χ0v) is 11.7. The fourth-order valence-corrected chi connectivity index (χ4v) is 2.20. The summed E-state index contributed by atoms with van der Waals surface area (Å²) in [5, 5.41) is 9.95. The van der Waals surface area contributed by atoms with Crippen molar-refractivity contribution in [3.63, 3.8) is 0 Å². The second kappa shape index (κ2) is 7.26. The molecule has 0 aromatic heterocycles. The van der Waals surface area contributed by atoms with E-state index in [9.17, 15) is 9.90 Å². The van der Waals surface area contributed by atoms with E-state index in [4.69, 9.17) is 9.47 Å². The van der Waals surface area contributed by atoms with E-state index >= 15 is 0 Å². The predicted octanol–water partition coefficient (Wildman–Crippen LogP) is 1.10. The first-order chi connectivity index (χ1) is 9.67. The summed E-state index contributed by atoms with van der Waals surface area (Å²) < 4.78 is 10.6. The first-order valence-electron chi connectivity index (χ1n) is 6.86. The number of ether oxygens (including phenoxy) is 2. The van der Waals surface area contributed by atoms with Gasteiger partial charge in [-0.05, 0) is 24.3 Å². The van der Waals surface area contributed by atoms with Crippen molar-refractivity contribution in [2.24, 2.45) is 0 Å². The summed E-state index contributed by atoms with van der Waals surface area (Å²) in [6.45, 7) is 2.26. The standard InChI is InChI=1S/C15H21NO4/c1-19-14-2-4-15(5-3-14)20-11-13(18)10-16-8-6-12(17)7-9-16/h2-5,13,18H,6-11H2,1H3.